The topological polar surface area (TPSA) is 15.8 Å². The minimum Gasteiger partial charge on any atom is -0.354 e. The zero-order chi connectivity index (χ0) is 11.3. The highest BCUT2D eigenvalue weighted by Crippen LogP contribution is 2.31. The van der Waals surface area contributed by atoms with E-state index >= 15 is 0 Å². The second-order valence-corrected chi connectivity index (χ2v) is 5.18. The first kappa shape index (κ1) is 9.91. The Hall–Kier alpha value is -1.28. The van der Waals surface area contributed by atoms with Crippen LogP contribution in [0.15, 0.2) is 34.8 Å². The molecule has 0 aliphatic carbocycles. The van der Waals surface area contributed by atoms with Crippen LogP contribution in [0.25, 0.3) is 21.8 Å². The molecule has 0 spiro atoms. The number of rotatable bonds is 0. The van der Waals surface area contributed by atoms with Gasteiger partial charge in [-0.3, -0.25) is 0 Å². The minimum absolute atomic E-state index is 1.13. The predicted molar refractivity (Wildman–Crippen MR) is 73.0 cm³/mol. The van der Waals surface area contributed by atoms with Crippen LogP contribution in [-0.4, -0.2) is 4.98 Å². The monoisotopic (exact) mass is 273 g/mol. The molecule has 0 aliphatic heterocycles. The van der Waals surface area contributed by atoms with E-state index in [-0.39, 0.29) is 0 Å². The third-order valence-electron chi connectivity index (χ3n) is 3.13. The second-order valence-electron chi connectivity index (χ2n) is 4.26. The molecule has 0 saturated heterocycles. The molecule has 3 aromatic rings. The highest BCUT2D eigenvalue weighted by atomic mass is 79.9. The smallest absolute Gasteiger partial charge is 0.0497 e. The van der Waals surface area contributed by atoms with E-state index in [0.717, 1.165) is 4.47 Å². The van der Waals surface area contributed by atoms with Crippen LogP contribution in [0.3, 0.4) is 0 Å². The van der Waals surface area contributed by atoms with Gasteiger partial charge in [0, 0.05) is 26.3 Å². The molecule has 0 amide bonds. The molecule has 1 aromatic heterocycles. The maximum Gasteiger partial charge on any atom is 0.0497 e. The lowest BCUT2D eigenvalue weighted by Crippen LogP contribution is -1.79. The average molecular weight is 274 g/mol. The highest BCUT2D eigenvalue weighted by Gasteiger charge is 2.08. The Kier molecular flexibility index (Phi) is 2.08. The first-order valence-electron chi connectivity index (χ1n) is 5.34. The number of aromatic amines is 1. The van der Waals surface area contributed by atoms with E-state index in [4.69, 9.17) is 0 Å². The highest BCUT2D eigenvalue weighted by molar-refractivity contribution is 9.10. The Bertz CT molecular complexity index is 695. The summed E-state index contributed by atoms with van der Waals surface area (Å²) in [7, 11) is 0. The maximum atomic E-state index is 3.53. The molecule has 0 radical (unpaired) electrons. The summed E-state index contributed by atoms with van der Waals surface area (Å²) in [4.78, 5) is 3.49. The lowest BCUT2D eigenvalue weighted by atomic mass is 10.0. The number of H-pyrrole nitrogens is 1. The van der Waals surface area contributed by atoms with Crippen molar-refractivity contribution < 1.29 is 0 Å². The van der Waals surface area contributed by atoms with Crippen LogP contribution in [0.1, 0.15) is 11.1 Å². The van der Waals surface area contributed by atoms with Crippen molar-refractivity contribution in [2.45, 2.75) is 13.8 Å². The number of aromatic nitrogens is 1. The molecular weight excluding hydrogens is 262 g/mol. The largest absolute Gasteiger partial charge is 0.354 e. The quantitative estimate of drug-likeness (QED) is 0.611. The number of benzene rings is 2. The third kappa shape index (κ3) is 1.30. The number of fused-ring (bicyclic) bond motifs is 3. The van der Waals surface area contributed by atoms with Gasteiger partial charge in [0.2, 0.25) is 0 Å². The maximum absolute atomic E-state index is 3.53. The molecule has 3 rings (SSSR count). The van der Waals surface area contributed by atoms with Gasteiger partial charge in [-0.05, 0) is 43.2 Å². The Morgan fingerprint density at radius 2 is 1.75 bits per heavy atom. The fraction of sp³-hybridized carbons (Fsp3) is 0.143. The Labute approximate surface area is 103 Å². The summed E-state index contributed by atoms with van der Waals surface area (Å²) in [5, 5.41) is 2.64. The van der Waals surface area contributed by atoms with Crippen molar-refractivity contribution in [1.82, 2.24) is 4.98 Å². The molecule has 16 heavy (non-hydrogen) atoms. The minimum atomic E-state index is 1.13. The van der Waals surface area contributed by atoms with Crippen LogP contribution in [0.2, 0.25) is 0 Å². The zero-order valence-corrected chi connectivity index (χ0v) is 10.9. The Morgan fingerprint density at radius 3 is 2.56 bits per heavy atom. The number of hydrogen-bond donors (Lipinski definition) is 1. The summed E-state index contributed by atoms with van der Waals surface area (Å²) in [5.74, 6) is 0. The van der Waals surface area contributed by atoms with E-state index in [9.17, 15) is 0 Å². The molecule has 80 valence electrons. The van der Waals surface area contributed by atoms with Crippen LogP contribution < -0.4 is 0 Å². The number of aryl methyl sites for hydroxylation is 2. The molecule has 2 heteroatoms. The third-order valence-corrected chi connectivity index (χ3v) is 3.63. The molecule has 2 aromatic carbocycles. The standard InChI is InChI=1S/C14H12BrN/c1-8-3-4-9(2)14-13(8)11-7-10(15)5-6-12(11)16-14/h3-7,16H,1-2H3. The van der Waals surface area contributed by atoms with Crippen molar-refractivity contribution in [3.63, 3.8) is 0 Å². The van der Waals surface area contributed by atoms with Crippen molar-refractivity contribution in [2.75, 3.05) is 0 Å². The van der Waals surface area contributed by atoms with Crippen LogP contribution >= 0.6 is 15.9 Å². The van der Waals surface area contributed by atoms with E-state index < -0.39 is 0 Å². The molecule has 0 aliphatic rings. The summed E-state index contributed by atoms with van der Waals surface area (Å²) in [6.45, 7) is 4.31. The summed E-state index contributed by atoms with van der Waals surface area (Å²) in [5.41, 5.74) is 5.08. The van der Waals surface area contributed by atoms with Gasteiger partial charge in [-0.25, -0.2) is 0 Å². The van der Waals surface area contributed by atoms with Gasteiger partial charge in [0.1, 0.15) is 0 Å². The lowest BCUT2D eigenvalue weighted by Gasteiger charge is -2.00. The van der Waals surface area contributed by atoms with Gasteiger partial charge in [-0.1, -0.05) is 28.1 Å². The molecule has 0 saturated carbocycles. The van der Waals surface area contributed by atoms with E-state index in [1.165, 1.54) is 32.9 Å². The van der Waals surface area contributed by atoms with Crippen molar-refractivity contribution in [3.8, 4) is 0 Å². The number of hydrogen-bond acceptors (Lipinski definition) is 0. The summed E-state index contributed by atoms with van der Waals surface area (Å²) < 4.78 is 1.13. The lowest BCUT2D eigenvalue weighted by molar-refractivity contribution is 1.42. The first-order chi connectivity index (χ1) is 7.66. The molecule has 0 atom stereocenters. The van der Waals surface area contributed by atoms with Crippen LogP contribution in [-0.2, 0) is 0 Å². The van der Waals surface area contributed by atoms with E-state index in [1.807, 2.05) is 0 Å². The van der Waals surface area contributed by atoms with Gasteiger partial charge in [0.15, 0.2) is 0 Å². The fourth-order valence-corrected chi connectivity index (χ4v) is 2.65. The van der Waals surface area contributed by atoms with E-state index in [1.54, 1.807) is 0 Å². The van der Waals surface area contributed by atoms with Crippen molar-refractivity contribution in [3.05, 3.63) is 45.9 Å². The van der Waals surface area contributed by atoms with Gasteiger partial charge >= 0.3 is 0 Å². The van der Waals surface area contributed by atoms with Gasteiger partial charge < -0.3 is 4.98 Å². The Morgan fingerprint density at radius 1 is 1.00 bits per heavy atom. The van der Waals surface area contributed by atoms with E-state index in [0.29, 0.717) is 0 Å². The zero-order valence-electron chi connectivity index (χ0n) is 9.26. The van der Waals surface area contributed by atoms with Crippen LogP contribution in [0, 0.1) is 13.8 Å². The van der Waals surface area contributed by atoms with Gasteiger partial charge in [0.25, 0.3) is 0 Å². The Balaban J connectivity index is 2.62. The summed E-state index contributed by atoms with van der Waals surface area (Å²) >= 11 is 3.53. The summed E-state index contributed by atoms with van der Waals surface area (Å²) in [6.07, 6.45) is 0. The molecule has 1 heterocycles. The molecule has 0 unspecified atom stereocenters. The van der Waals surface area contributed by atoms with E-state index in [2.05, 4.69) is 65.1 Å². The molecular formula is C14H12BrN. The second kappa shape index (κ2) is 3.36. The van der Waals surface area contributed by atoms with Gasteiger partial charge in [-0.2, -0.15) is 0 Å². The normalized spacial score (nSPS) is 11.4. The first-order valence-corrected chi connectivity index (χ1v) is 6.13. The SMILES string of the molecule is Cc1ccc(C)c2c1[nH]c1ccc(Br)cc12. The number of halogens is 1. The van der Waals surface area contributed by atoms with Crippen molar-refractivity contribution >= 4 is 37.7 Å². The van der Waals surface area contributed by atoms with Crippen molar-refractivity contribution in [2.24, 2.45) is 0 Å². The number of nitrogens with one attached hydrogen (secondary N) is 1. The fourth-order valence-electron chi connectivity index (χ4n) is 2.29. The molecule has 1 nitrogen and oxygen atoms in total. The molecule has 0 bridgehead atoms. The predicted octanol–water partition coefficient (Wildman–Crippen LogP) is 4.70. The van der Waals surface area contributed by atoms with Crippen LogP contribution in [0.5, 0.6) is 0 Å². The molecule has 1 N–H and O–H groups in total. The summed E-state index contributed by atoms with van der Waals surface area (Å²) in [6, 6.07) is 10.7. The average Bonchev–Trinajstić information content (AvgIpc) is 2.63. The van der Waals surface area contributed by atoms with Crippen LogP contribution in [0.4, 0.5) is 0 Å². The van der Waals surface area contributed by atoms with Crippen molar-refractivity contribution in [1.29, 1.82) is 0 Å². The van der Waals surface area contributed by atoms with Gasteiger partial charge in [0.05, 0.1) is 0 Å². The van der Waals surface area contributed by atoms with Gasteiger partial charge in [-0.15, -0.1) is 0 Å². The molecule has 0 fully saturated rings.